The Bertz CT molecular complexity index is 1550. The van der Waals surface area contributed by atoms with Crippen molar-refractivity contribution in [2.45, 2.75) is 71.1 Å². The van der Waals surface area contributed by atoms with Crippen LogP contribution in [0.15, 0.2) is 76.0 Å². The molecular weight excluding hydrogens is 566 g/mol. The Morgan fingerprint density at radius 3 is 1.95 bits per heavy atom. The number of hydrogen-bond donors (Lipinski definition) is 0. The summed E-state index contributed by atoms with van der Waals surface area (Å²) < 4.78 is 43.0. The van der Waals surface area contributed by atoms with Gasteiger partial charge in [-0.05, 0) is 60.4 Å². The average molecular weight is 608 g/mol. The van der Waals surface area contributed by atoms with Crippen molar-refractivity contribution < 1.29 is 31.7 Å². The van der Waals surface area contributed by atoms with Gasteiger partial charge in [-0.15, -0.1) is 0 Å². The topological polar surface area (TPSA) is 99.2 Å². The van der Waals surface area contributed by atoms with Gasteiger partial charge >= 0.3 is 10.1 Å². The highest BCUT2D eigenvalue weighted by atomic mass is 32.2. The van der Waals surface area contributed by atoms with Gasteiger partial charge in [0.05, 0.1) is 13.2 Å². The lowest BCUT2D eigenvalue weighted by Crippen LogP contribution is -2.45. The van der Waals surface area contributed by atoms with E-state index in [0.29, 0.717) is 55.5 Å². The Labute approximate surface area is 254 Å². The van der Waals surface area contributed by atoms with E-state index in [2.05, 4.69) is 32.6 Å². The number of carbonyl (C=O) groups is 2. The minimum Gasteiger partial charge on any atom is -0.490 e. The first-order valence-electron chi connectivity index (χ1n) is 14.8. The smallest absolute Gasteiger partial charge is 0.339 e. The predicted molar refractivity (Wildman–Crippen MR) is 163 cm³/mol. The molecule has 1 heterocycles. The number of nitrogens with zero attached hydrogens (tertiary/aromatic N) is 1. The first kappa shape index (κ1) is 31.0. The van der Waals surface area contributed by atoms with Crippen molar-refractivity contribution in [3.05, 3.63) is 76.6 Å². The van der Waals surface area contributed by atoms with Gasteiger partial charge in [0, 0.05) is 55.0 Å². The zero-order valence-corrected chi connectivity index (χ0v) is 26.7. The van der Waals surface area contributed by atoms with Gasteiger partial charge < -0.3 is 18.6 Å². The van der Waals surface area contributed by atoms with Crippen LogP contribution in [0.5, 0.6) is 11.5 Å². The SMILES string of the molecule is CCOc1cc(C2C3=C(CC(C)(C)CC3=O)N(CCOC)C3=C2C(=O)CC(C)(C)C3)ccc1OS(=O)(=O)c1ccccc1. The van der Waals surface area contributed by atoms with Crippen LogP contribution in [0.4, 0.5) is 0 Å². The van der Waals surface area contributed by atoms with E-state index >= 15 is 0 Å². The van der Waals surface area contributed by atoms with Crippen LogP contribution in [0, 0.1) is 10.8 Å². The number of rotatable bonds is 9. The third kappa shape index (κ3) is 6.15. The van der Waals surface area contributed by atoms with Crippen LogP contribution < -0.4 is 8.92 Å². The molecule has 0 bridgehead atoms. The number of ether oxygens (including phenoxy) is 2. The maximum Gasteiger partial charge on any atom is 0.339 e. The highest BCUT2D eigenvalue weighted by Crippen LogP contribution is 2.55. The predicted octanol–water partition coefficient (Wildman–Crippen LogP) is 6.19. The molecule has 2 aliphatic carbocycles. The normalized spacial score (nSPS) is 20.2. The van der Waals surface area contributed by atoms with E-state index in [4.69, 9.17) is 13.7 Å². The summed E-state index contributed by atoms with van der Waals surface area (Å²) in [6.07, 6.45) is 2.12. The van der Waals surface area contributed by atoms with Crippen molar-refractivity contribution in [2.75, 3.05) is 26.9 Å². The molecule has 43 heavy (non-hydrogen) atoms. The number of hydrogen-bond acceptors (Lipinski definition) is 8. The molecule has 0 amide bonds. The summed E-state index contributed by atoms with van der Waals surface area (Å²) in [5.74, 6) is -0.268. The Hall–Kier alpha value is -3.43. The lowest BCUT2D eigenvalue weighted by molar-refractivity contribution is -0.119. The van der Waals surface area contributed by atoms with Gasteiger partial charge in [-0.3, -0.25) is 9.59 Å². The maximum atomic E-state index is 14.0. The molecule has 0 aromatic heterocycles. The molecule has 9 heteroatoms. The Morgan fingerprint density at radius 1 is 0.837 bits per heavy atom. The van der Waals surface area contributed by atoms with Gasteiger partial charge in [-0.2, -0.15) is 8.42 Å². The first-order chi connectivity index (χ1) is 20.3. The minimum absolute atomic E-state index is 0.0211. The van der Waals surface area contributed by atoms with Crippen LogP contribution >= 0.6 is 0 Å². The summed E-state index contributed by atoms with van der Waals surface area (Å²) in [7, 11) is -2.46. The molecule has 2 aromatic carbocycles. The van der Waals surface area contributed by atoms with Crippen molar-refractivity contribution in [3.8, 4) is 11.5 Å². The molecule has 0 N–H and O–H groups in total. The van der Waals surface area contributed by atoms with Crippen LogP contribution in [0.1, 0.15) is 71.8 Å². The third-order valence-electron chi connectivity index (χ3n) is 8.37. The summed E-state index contributed by atoms with van der Waals surface area (Å²) in [4.78, 5) is 30.2. The molecule has 5 rings (SSSR count). The molecule has 8 nitrogen and oxygen atoms in total. The first-order valence-corrected chi connectivity index (χ1v) is 16.2. The fourth-order valence-electron chi connectivity index (χ4n) is 6.63. The van der Waals surface area contributed by atoms with E-state index in [0.717, 1.165) is 11.4 Å². The number of benzene rings is 2. The second-order valence-corrected chi connectivity index (χ2v) is 14.7. The highest BCUT2D eigenvalue weighted by Gasteiger charge is 2.49. The summed E-state index contributed by atoms with van der Waals surface area (Å²) >= 11 is 0. The summed E-state index contributed by atoms with van der Waals surface area (Å²) in [6.45, 7) is 11.5. The zero-order chi connectivity index (χ0) is 31.2. The van der Waals surface area contributed by atoms with E-state index in [-0.39, 0.29) is 45.4 Å². The van der Waals surface area contributed by atoms with Crippen LogP contribution in [-0.4, -0.2) is 51.8 Å². The lowest BCUT2D eigenvalue weighted by Gasteiger charge is -2.49. The van der Waals surface area contributed by atoms with Crippen LogP contribution in [0.25, 0.3) is 0 Å². The van der Waals surface area contributed by atoms with Gasteiger partial charge in [0.2, 0.25) is 0 Å². The molecule has 1 aliphatic heterocycles. The van der Waals surface area contributed by atoms with E-state index in [1.165, 1.54) is 12.1 Å². The molecule has 0 saturated carbocycles. The Morgan fingerprint density at radius 2 is 1.42 bits per heavy atom. The van der Waals surface area contributed by atoms with E-state index in [9.17, 15) is 18.0 Å². The van der Waals surface area contributed by atoms with Gasteiger partial charge in [0.1, 0.15) is 4.90 Å². The van der Waals surface area contributed by atoms with Crippen LogP contribution in [-0.2, 0) is 24.4 Å². The minimum atomic E-state index is -4.11. The lowest BCUT2D eigenvalue weighted by atomic mass is 9.63. The number of ketones is 2. The Balaban J connectivity index is 1.68. The quantitative estimate of drug-likeness (QED) is 0.312. The molecule has 0 fully saturated rings. The molecule has 230 valence electrons. The summed E-state index contributed by atoms with van der Waals surface area (Å²) in [6, 6.07) is 13.0. The second kappa shape index (κ2) is 11.6. The molecule has 3 aliphatic rings. The van der Waals surface area contributed by atoms with Crippen molar-refractivity contribution >= 4 is 21.7 Å². The molecule has 0 spiro atoms. The molecule has 0 saturated heterocycles. The fraction of sp³-hybridized carbons (Fsp3) is 0.471. The molecule has 0 atom stereocenters. The summed E-state index contributed by atoms with van der Waals surface area (Å²) in [5.41, 5.74) is 3.37. The molecule has 0 unspecified atom stereocenters. The van der Waals surface area contributed by atoms with Gasteiger partial charge in [-0.1, -0.05) is 52.0 Å². The number of allylic oxidation sites excluding steroid dienone is 4. The van der Waals surface area contributed by atoms with E-state index < -0.39 is 16.0 Å². The van der Waals surface area contributed by atoms with E-state index in [1.807, 2.05) is 0 Å². The average Bonchev–Trinajstić information content (AvgIpc) is 2.92. The largest absolute Gasteiger partial charge is 0.490 e. The fourth-order valence-corrected chi connectivity index (χ4v) is 7.59. The van der Waals surface area contributed by atoms with E-state index in [1.54, 1.807) is 50.4 Å². The highest BCUT2D eigenvalue weighted by molar-refractivity contribution is 7.87. The van der Waals surface area contributed by atoms with Gasteiger partial charge in [0.15, 0.2) is 23.1 Å². The number of carbonyl (C=O) groups excluding carboxylic acids is 2. The van der Waals surface area contributed by atoms with Crippen LogP contribution in [0.2, 0.25) is 0 Å². The van der Waals surface area contributed by atoms with Crippen molar-refractivity contribution in [2.24, 2.45) is 10.8 Å². The van der Waals surface area contributed by atoms with Crippen molar-refractivity contribution in [3.63, 3.8) is 0 Å². The summed E-state index contributed by atoms with van der Waals surface area (Å²) in [5, 5.41) is 0. The molecule has 2 aromatic rings. The molecule has 0 radical (unpaired) electrons. The third-order valence-corrected chi connectivity index (χ3v) is 9.62. The zero-order valence-electron chi connectivity index (χ0n) is 25.9. The number of methoxy groups -OCH3 is 1. The van der Waals surface area contributed by atoms with Crippen molar-refractivity contribution in [1.29, 1.82) is 0 Å². The Kier molecular flexibility index (Phi) is 8.35. The van der Waals surface area contributed by atoms with Crippen molar-refractivity contribution in [1.82, 2.24) is 4.90 Å². The monoisotopic (exact) mass is 607 g/mol. The van der Waals surface area contributed by atoms with Gasteiger partial charge in [0.25, 0.3) is 0 Å². The number of Topliss-reactive ketones (excluding diaryl/α,β-unsaturated/α-hetero) is 2. The van der Waals surface area contributed by atoms with Crippen LogP contribution in [0.3, 0.4) is 0 Å². The van der Waals surface area contributed by atoms with Gasteiger partial charge in [-0.25, -0.2) is 0 Å². The maximum absolute atomic E-state index is 14.0. The standard InChI is InChI=1S/C34H41NO7S/c1-7-41-29-17-22(13-14-28(29)42-43(38,39)23-11-9-8-10-12-23)30-31-24(18-33(2,3)20-26(31)36)35(15-16-40-6)25-19-34(4,5)21-27(37)32(25)30/h8-14,17,30H,7,15-16,18-21H2,1-6H3. The second-order valence-electron chi connectivity index (χ2n) is 13.2. The molecular formula is C34H41NO7S.